The SMILES string of the molecule is Cn1ncc2c(N)nc(COc3ccc(Cl)c(F)c3)nc21. The highest BCUT2D eigenvalue weighted by atomic mass is 35.5. The molecule has 2 N–H and O–H groups in total. The molecule has 0 unspecified atom stereocenters. The van der Waals surface area contributed by atoms with Crippen LogP contribution < -0.4 is 10.5 Å². The van der Waals surface area contributed by atoms with Crippen molar-refractivity contribution in [2.24, 2.45) is 7.05 Å². The van der Waals surface area contributed by atoms with E-state index in [2.05, 4.69) is 15.1 Å². The van der Waals surface area contributed by atoms with Crippen LogP contribution in [0, 0.1) is 5.82 Å². The second kappa shape index (κ2) is 5.17. The highest BCUT2D eigenvalue weighted by Gasteiger charge is 2.10. The molecule has 3 rings (SSSR count). The van der Waals surface area contributed by atoms with E-state index < -0.39 is 5.82 Å². The van der Waals surface area contributed by atoms with Crippen molar-refractivity contribution in [3.05, 3.63) is 41.1 Å². The Bertz CT molecular complexity index is 820. The van der Waals surface area contributed by atoms with Gasteiger partial charge in [0.1, 0.15) is 24.0 Å². The number of anilines is 1. The smallest absolute Gasteiger partial charge is 0.170 e. The minimum Gasteiger partial charge on any atom is -0.486 e. The predicted molar refractivity (Wildman–Crippen MR) is 76.5 cm³/mol. The number of nitrogens with two attached hydrogens (primary N) is 1. The van der Waals surface area contributed by atoms with E-state index in [9.17, 15) is 4.39 Å². The van der Waals surface area contributed by atoms with Gasteiger partial charge in [-0.1, -0.05) is 11.6 Å². The van der Waals surface area contributed by atoms with Gasteiger partial charge in [0.25, 0.3) is 0 Å². The second-order valence-electron chi connectivity index (χ2n) is 4.40. The van der Waals surface area contributed by atoms with Gasteiger partial charge >= 0.3 is 0 Å². The Hall–Kier alpha value is -2.41. The number of halogens is 2. The van der Waals surface area contributed by atoms with E-state index in [1.165, 1.54) is 12.1 Å². The van der Waals surface area contributed by atoms with Crippen molar-refractivity contribution in [3.63, 3.8) is 0 Å². The number of ether oxygens (including phenoxy) is 1. The molecule has 0 aliphatic heterocycles. The van der Waals surface area contributed by atoms with Gasteiger partial charge in [-0.25, -0.2) is 14.4 Å². The number of benzene rings is 1. The molecule has 0 spiro atoms. The maximum atomic E-state index is 13.3. The van der Waals surface area contributed by atoms with Crippen LogP contribution in [-0.2, 0) is 13.7 Å². The van der Waals surface area contributed by atoms with Crippen LogP contribution in [0.25, 0.3) is 11.0 Å². The van der Waals surface area contributed by atoms with E-state index in [0.29, 0.717) is 28.4 Å². The lowest BCUT2D eigenvalue weighted by Crippen LogP contribution is -2.06. The molecule has 3 aromatic rings. The first-order valence-electron chi connectivity index (χ1n) is 6.06. The number of aromatic nitrogens is 4. The highest BCUT2D eigenvalue weighted by molar-refractivity contribution is 6.30. The van der Waals surface area contributed by atoms with E-state index in [1.54, 1.807) is 24.0 Å². The number of rotatable bonds is 3. The highest BCUT2D eigenvalue weighted by Crippen LogP contribution is 2.21. The molecule has 1 aromatic carbocycles. The van der Waals surface area contributed by atoms with Crippen molar-refractivity contribution in [3.8, 4) is 5.75 Å². The number of hydrogen-bond donors (Lipinski definition) is 1. The quantitative estimate of drug-likeness (QED) is 0.803. The minimum atomic E-state index is -0.545. The lowest BCUT2D eigenvalue weighted by molar-refractivity contribution is 0.295. The third-order valence-corrected chi connectivity index (χ3v) is 3.23. The molecule has 2 heterocycles. The largest absolute Gasteiger partial charge is 0.486 e. The first-order chi connectivity index (χ1) is 10.0. The molecule has 108 valence electrons. The molecule has 0 fully saturated rings. The van der Waals surface area contributed by atoms with Gasteiger partial charge in [0.05, 0.1) is 16.6 Å². The molecule has 0 atom stereocenters. The van der Waals surface area contributed by atoms with Gasteiger partial charge in [-0.05, 0) is 12.1 Å². The van der Waals surface area contributed by atoms with Crippen molar-refractivity contribution >= 4 is 28.5 Å². The molecule has 0 bridgehead atoms. The maximum absolute atomic E-state index is 13.3. The average Bonchev–Trinajstić information content (AvgIpc) is 2.83. The predicted octanol–water partition coefficient (Wildman–Crippen LogP) is 2.32. The number of fused-ring (bicyclic) bond motifs is 1. The molecular formula is C13H11ClFN5O. The summed E-state index contributed by atoms with van der Waals surface area (Å²) in [6, 6.07) is 4.19. The Labute approximate surface area is 124 Å². The summed E-state index contributed by atoms with van der Waals surface area (Å²) in [5, 5.41) is 4.79. The van der Waals surface area contributed by atoms with Crippen LogP contribution in [0.15, 0.2) is 24.4 Å². The maximum Gasteiger partial charge on any atom is 0.170 e. The standard InChI is InChI=1S/C13H11ClFN5O/c1-20-13-8(5-17-20)12(16)18-11(19-13)6-21-7-2-3-9(14)10(15)4-7/h2-5H,6H2,1H3,(H2,16,18,19). The number of nitrogen functional groups attached to an aromatic ring is 1. The Morgan fingerprint density at radius 3 is 2.95 bits per heavy atom. The van der Waals surface area contributed by atoms with Gasteiger partial charge in [0.2, 0.25) is 0 Å². The zero-order valence-corrected chi connectivity index (χ0v) is 11.8. The van der Waals surface area contributed by atoms with Gasteiger partial charge in [-0.3, -0.25) is 4.68 Å². The summed E-state index contributed by atoms with van der Waals surface area (Å²) in [6.45, 7) is 0.0619. The molecule has 0 radical (unpaired) electrons. The normalized spacial score (nSPS) is 11.0. The molecule has 8 heteroatoms. The Morgan fingerprint density at radius 2 is 2.19 bits per heavy atom. The van der Waals surface area contributed by atoms with E-state index >= 15 is 0 Å². The number of hydrogen-bond acceptors (Lipinski definition) is 5. The summed E-state index contributed by atoms with van der Waals surface area (Å²) >= 11 is 5.61. The fraction of sp³-hybridized carbons (Fsp3) is 0.154. The number of nitrogens with zero attached hydrogens (tertiary/aromatic N) is 4. The van der Waals surface area contributed by atoms with Gasteiger partial charge in [-0.2, -0.15) is 5.10 Å². The monoisotopic (exact) mass is 307 g/mol. The molecule has 0 saturated carbocycles. The van der Waals surface area contributed by atoms with E-state index in [4.69, 9.17) is 22.1 Å². The Morgan fingerprint density at radius 1 is 1.38 bits per heavy atom. The molecule has 2 aromatic heterocycles. The fourth-order valence-electron chi connectivity index (χ4n) is 1.87. The van der Waals surface area contributed by atoms with Gasteiger partial charge in [0, 0.05) is 13.1 Å². The van der Waals surface area contributed by atoms with Gasteiger partial charge < -0.3 is 10.5 Å². The third kappa shape index (κ3) is 2.59. The van der Waals surface area contributed by atoms with Gasteiger partial charge in [-0.15, -0.1) is 0 Å². The Kier molecular flexibility index (Phi) is 3.34. The van der Waals surface area contributed by atoms with Crippen LogP contribution in [0.3, 0.4) is 0 Å². The molecule has 0 amide bonds. The van der Waals surface area contributed by atoms with Crippen molar-refractivity contribution < 1.29 is 9.13 Å². The molecular weight excluding hydrogens is 297 g/mol. The summed E-state index contributed by atoms with van der Waals surface area (Å²) in [7, 11) is 1.76. The lowest BCUT2D eigenvalue weighted by atomic mass is 10.3. The fourth-order valence-corrected chi connectivity index (χ4v) is 1.99. The zero-order chi connectivity index (χ0) is 15.0. The van der Waals surface area contributed by atoms with E-state index in [-0.39, 0.29) is 11.6 Å². The van der Waals surface area contributed by atoms with Crippen LogP contribution >= 0.6 is 11.6 Å². The summed E-state index contributed by atoms with van der Waals surface area (Å²) in [5.41, 5.74) is 6.46. The van der Waals surface area contributed by atoms with Crippen molar-refractivity contribution in [1.29, 1.82) is 0 Å². The molecule has 0 aliphatic rings. The van der Waals surface area contributed by atoms with Crippen molar-refractivity contribution in [2.75, 3.05) is 5.73 Å². The van der Waals surface area contributed by atoms with Crippen LogP contribution in [0.5, 0.6) is 5.75 Å². The number of aryl methyl sites for hydroxylation is 1. The lowest BCUT2D eigenvalue weighted by Gasteiger charge is -2.07. The van der Waals surface area contributed by atoms with E-state index in [1.807, 2.05) is 0 Å². The van der Waals surface area contributed by atoms with Crippen LogP contribution in [-0.4, -0.2) is 19.7 Å². The first kappa shape index (κ1) is 13.6. The van der Waals surface area contributed by atoms with Crippen molar-refractivity contribution in [2.45, 2.75) is 6.61 Å². The molecule has 0 saturated heterocycles. The second-order valence-corrected chi connectivity index (χ2v) is 4.80. The molecule has 6 nitrogen and oxygen atoms in total. The molecule has 21 heavy (non-hydrogen) atoms. The summed E-state index contributed by atoms with van der Waals surface area (Å²) in [5.74, 6) is 0.508. The van der Waals surface area contributed by atoms with E-state index in [0.717, 1.165) is 0 Å². The summed E-state index contributed by atoms with van der Waals surface area (Å²) in [4.78, 5) is 8.45. The first-order valence-corrected chi connectivity index (χ1v) is 6.44. The summed E-state index contributed by atoms with van der Waals surface area (Å²) in [6.07, 6.45) is 1.60. The van der Waals surface area contributed by atoms with Crippen LogP contribution in [0.1, 0.15) is 5.82 Å². The molecule has 0 aliphatic carbocycles. The van der Waals surface area contributed by atoms with Crippen molar-refractivity contribution in [1.82, 2.24) is 19.7 Å². The van der Waals surface area contributed by atoms with Gasteiger partial charge in [0.15, 0.2) is 11.5 Å². The average molecular weight is 308 g/mol. The zero-order valence-electron chi connectivity index (χ0n) is 11.0. The van der Waals surface area contributed by atoms with Crippen LogP contribution in [0.4, 0.5) is 10.2 Å². The topological polar surface area (TPSA) is 78.9 Å². The Balaban J connectivity index is 1.84. The van der Waals surface area contributed by atoms with Crippen LogP contribution in [0.2, 0.25) is 5.02 Å². The third-order valence-electron chi connectivity index (χ3n) is 2.93. The summed E-state index contributed by atoms with van der Waals surface area (Å²) < 4.78 is 20.3. The minimum absolute atomic E-state index is 0.0409.